The maximum atomic E-state index is 14.2. The van der Waals surface area contributed by atoms with E-state index in [1.165, 1.54) is 26.2 Å². The minimum Gasteiger partial charge on any atom is -0.387 e. The van der Waals surface area contributed by atoms with Crippen LogP contribution in [-0.2, 0) is 4.79 Å². The first-order valence-corrected chi connectivity index (χ1v) is 11.2. The van der Waals surface area contributed by atoms with E-state index in [0.29, 0.717) is 47.5 Å². The summed E-state index contributed by atoms with van der Waals surface area (Å²) < 4.78 is 15.8. The number of nitrogens with one attached hydrogen (secondary N) is 3. The largest absolute Gasteiger partial charge is 0.387 e. The van der Waals surface area contributed by atoms with Gasteiger partial charge in [0.25, 0.3) is 5.91 Å². The molecule has 0 radical (unpaired) electrons. The van der Waals surface area contributed by atoms with Crippen LogP contribution in [0.2, 0.25) is 0 Å². The van der Waals surface area contributed by atoms with E-state index in [1.54, 1.807) is 16.6 Å². The van der Waals surface area contributed by atoms with Crippen molar-refractivity contribution in [2.75, 3.05) is 18.4 Å². The lowest BCUT2D eigenvalue weighted by molar-refractivity contribution is -0.119. The molecule has 2 amide bonds. The van der Waals surface area contributed by atoms with Crippen LogP contribution in [0.4, 0.5) is 10.1 Å². The fourth-order valence-corrected chi connectivity index (χ4v) is 3.77. The van der Waals surface area contributed by atoms with Gasteiger partial charge in [-0.05, 0) is 44.5 Å². The zero-order valence-corrected chi connectivity index (χ0v) is 19.4. The predicted octanol–water partition coefficient (Wildman–Crippen LogP) is 1.80. The molecule has 4 rings (SSSR count). The smallest absolute Gasteiger partial charge is 0.255 e. The molecular weight excluding hydrogens is 453 g/mol. The van der Waals surface area contributed by atoms with Crippen molar-refractivity contribution in [2.45, 2.75) is 44.5 Å². The number of aliphatic hydroxyl groups is 1. The fourth-order valence-electron chi connectivity index (χ4n) is 3.77. The van der Waals surface area contributed by atoms with Gasteiger partial charge < -0.3 is 21.1 Å². The van der Waals surface area contributed by atoms with Crippen LogP contribution in [0.3, 0.4) is 0 Å². The molecule has 182 valence electrons. The molecule has 11 heteroatoms. The fraction of sp³-hybridized carbons (Fsp3) is 0.375. The van der Waals surface area contributed by atoms with Crippen molar-refractivity contribution in [3.63, 3.8) is 0 Å². The second-order valence-corrected chi connectivity index (χ2v) is 9.04. The average molecular weight is 480 g/mol. The Bertz CT molecular complexity index is 1310. The van der Waals surface area contributed by atoms with Gasteiger partial charge in [0.05, 0.1) is 52.1 Å². The van der Waals surface area contributed by atoms with Gasteiger partial charge in [0.1, 0.15) is 12.2 Å². The number of amides is 2. The minimum atomic E-state index is -1.65. The van der Waals surface area contributed by atoms with Crippen LogP contribution in [-0.4, -0.2) is 62.4 Å². The molecule has 0 unspecified atom stereocenters. The SMILES string of the molecule is CC(C)(O)[C@H](F)CNC(=O)c1cnc(-c2ccc3cc(C#N)cnn23)cc1NC[C@H]1CCC(=O)N1. The number of hydrogen-bond acceptors (Lipinski definition) is 7. The molecule has 2 atom stereocenters. The number of halogens is 1. The Morgan fingerprint density at radius 2 is 2.20 bits per heavy atom. The summed E-state index contributed by atoms with van der Waals surface area (Å²) in [6.45, 7) is 2.69. The Hall–Kier alpha value is -4.04. The van der Waals surface area contributed by atoms with Crippen molar-refractivity contribution in [1.29, 1.82) is 5.26 Å². The van der Waals surface area contributed by atoms with Crippen LogP contribution >= 0.6 is 0 Å². The number of fused-ring (bicyclic) bond motifs is 1. The van der Waals surface area contributed by atoms with Crippen LogP contribution in [0, 0.1) is 11.3 Å². The van der Waals surface area contributed by atoms with Gasteiger partial charge in [0.2, 0.25) is 5.91 Å². The standard InChI is InChI=1S/C24H26FN7O3/c1-24(2,35)21(25)13-29-23(34)17-12-28-19(8-18(17)27-11-15-3-6-22(33)31-15)20-5-4-16-7-14(9-26)10-30-32(16)20/h4-5,7-8,10,12,15,21,35H,3,6,11,13H2,1-2H3,(H,27,28)(H,29,34)(H,31,33)/t15-,21-/m1/s1. The second kappa shape index (κ2) is 9.68. The van der Waals surface area contributed by atoms with E-state index < -0.39 is 17.7 Å². The zero-order chi connectivity index (χ0) is 25.2. The average Bonchev–Trinajstić information content (AvgIpc) is 3.45. The summed E-state index contributed by atoms with van der Waals surface area (Å²) in [4.78, 5) is 28.8. The highest BCUT2D eigenvalue weighted by molar-refractivity contribution is 6.00. The molecule has 0 aromatic carbocycles. The summed E-state index contributed by atoms with van der Waals surface area (Å²) in [6.07, 6.45) is 2.31. The van der Waals surface area contributed by atoms with Crippen molar-refractivity contribution in [3.8, 4) is 17.5 Å². The minimum absolute atomic E-state index is 0.0201. The van der Waals surface area contributed by atoms with E-state index in [1.807, 2.05) is 12.1 Å². The Morgan fingerprint density at radius 3 is 2.89 bits per heavy atom. The quantitative estimate of drug-likeness (QED) is 0.386. The van der Waals surface area contributed by atoms with Gasteiger partial charge in [0.15, 0.2) is 0 Å². The first-order valence-electron chi connectivity index (χ1n) is 11.2. The maximum absolute atomic E-state index is 14.2. The van der Waals surface area contributed by atoms with Gasteiger partial charge in [-0.1, -0.05) is 0 Å². The highest BCUT2D eigenvalue weighted by Crippen LogP contribution is 2.26. The van der Waals surface area contributed by atoms with Gasteiger partial charge in [-0.25, -0.2) is 8.91 Å². The number of rotatable bonds is 8. The molecule has 4 N–H and O–H groups in total. The summed E-state index contributed by atoms with van der Waals surface area (Å²) in [7, 11) is 0. The zero-order valence-electron chi connectivity index (χ0n) is 19.4. The van der Waals surface area contributed by atoms with Crippen LogP contribution in [0.25, 0.3) is 16.9 Å². The van der Waals surface area contributed by atoms with E-state index >= 15 is 0 Å². The molecule has 35 heavy (non-hydrogen) atoms. The predicted molar refractivity (Wildman–Crippen MR) is 126 cm³/mol. The van der Waals surface area contributed by atoms with Gasteiger partial charge in [-0.2, -0.15) is 10.4 Å². The van der Waals surface area contributed by atoms with Gasteiger partial charge in [0, 0.05) is 25.2 Å². The molecule has 3 aromatic heterocycles. The third-order valence-electron chi connectivity index (χ3n) is 5.87. The Labute approximate surface area is 201 Å². The van der Waals surface area contributed by atoms with E-state index in [4.69, 9.17) is 5.26 Å². The van der Waals surface area contributed by atoms with Crippen molar-refractivity contribution in [1.82, 2.24) is 25.2 Å². The normalized spacial score (nSPS) is 16.5. The molecule has 10 nitrogen and oxygen atoms in total. The molecule has 0 spiro atoms. The molecule has 1 aliphatic rings. The lowest BCUT2D eigenvalue weighted by Crippen LogP contribution is -2.42. The van der Waals surface area contributed by atoms with Crippen LogP contribution in [0.15, 0.2) is 36.7 Å². The number of nitrogens with zero attached hydrogens (tertiary/aromatic N) is 4. The first-order chi connectivity index (χ1) is 16.7. The highest BCUT2D eigenvalue weighted by Gasteiger charge is 2.27. The molecule has 1 aliphatic heterocycles. The summed E-state index contributed by atoms with van der Waals surface area (Å²) in [5.74, 6) is -0.570. The van der Waals surface area contributed by atoms with Crippen molar-refractivity contribution in [2.24, 2.45) is 0 Å². The van der Waals surface area contributed by atoms with E-state index in [2.05, 4.69) is 32.1 Å². The van der Waals surface area contributed by atoms with Gasteiger partial charge >= 0.3 is 0 Å². The first kappa shape index (κ1) is 24.1. The second-order valence-electron chi connectivity index (χ2n) is 9.04. The molecule has 0 bridgehead atoms. The number of anilines is 1. The summed E-state index contributed by atoms with van der Waals surface area (Å²) in [6, 6.07) is 8.99. The molecule has 1 saturated heterocycles. The van der Waals surface area contributed by atoms with Crippen molar-refractivity contribution in [3.05, 3.63) is 47.8 Å². The van der Waals surface area contributed by atoms with E-state index in [0.717, 1.165) is 0 Å². The number of carbonyl (C=O) groups excluding carboxylic acids is 2. The summed E-state index contributed by atoms with van der Waals surface area (Å²) >= 11 is 0. The van der Waals surface area contributed by atoms with Gasteiger partial charge in [-0.15, -0.1) is 0 Å². The third-order valence-corrected chi connectivity index (χ3v) is 5.87. The number of nitriles is 1. The van der Waals surface area contributed by atoms with E-state index in [-0.39, 0.29) is 24.1 Å². The van der Waals surface area contributed by atoms with Crippen LogP contribution in [0.5, 0.6) is 0 Å². The van der Waals surface area contributed by atoms with Crippen LogP contribution < -0.4 is 16.0 Å². The van der Waals surface area contributed by atoms with Crippen molar-refractivity contribution < 1.29 is 19.1 Å². The highest BCUT2D eigenvalue weighted by atomic mass is 19.1. The number of pyridine rings is 1. The summed E-state index contributed by atoms with van der Waals surface area (Å²) in [5, 5.41) is 31.8. The molecular formula is C24H26FN7O3. The lowest BCUT2D eigenvalue weighted by Gasteiger charge is -2.23. The maximum Gasteiger partial charge on any atom is 0.255 e. The van der Waals surface area contributed by atoms with Crippen LogP contribution in [0.1, 0.15) is 42.6 Å². The van der Waals surface area contributed by atoms with Crippen molar-refractivity contribution >= 4 is 23.0 Å². The van der Waals surface area contributed by atoms with E-state index in [9.17, 15) is 19.1 Å². The molecule has 0 saturated carbocycles. The molecule has 0 aliphatic carbocycles. The topological polar surface area (TPSA) is 144 Å². The third kappa shape index (κ3) is 5.38. The molecule has 3 aromatic rings. The Kier molecular flexibility index (Phi) is 6.66. The number of carbonyl (C=O) groups is 2. The number of aromatic nitrogens is 3. The Morgan fingerprint density at radius 1 is 1.40 bits per heavy atom. The summed E-state index contributed by atoms with van der Waals surface area (Å²) in [5.41, 5.74) is 1.38. The lowest BCUT2D eigenvalue weighted by atomic mass is 10.0. The number of alkyl halides is 1. The van der Waals surface area contributed by atoms with Gasteiger partial charge in [-0.3, -0.25) is 14.6 Å². The molecule has 1 fully saturated rings. The molecule has 4 heterocycles. The Balaban J connectivity index is 1.63. The monoisotopic (exact) mass is 479 g/mol. The number of hydrogen-bond donors (Lipinski definition) is 4.